The lowest BCUT2D eigenvalue weighted by Gasteiger charge is -2.18. The molecular weight excluding hydrogens is 779 g/mol. The number of benzene rings is 7. The van der Waals surface area contributed by atoms with Crippen LogP contribution in [0.4, 0.5) is 0 Å². The van der Waals surface area contributed by atoms with Crippen LogP contribution in [-0.2, 0) is 12.8 Å². The largest absolute Gasteiger partial charge is 0.457 e. The van der Waals surface area contributed by atoms with E-state index in [0.717, 1.165) is 58.8 Å². The average molecular weight is 832 g/mol. The molecule has 2 aromatic heterocycles. The summed E-state index contributed by atoms with van der Waals surface area (Å²) in [7, 11) is 0. The van der Waals surface area contributed by atoms with E-state index in [-0.39, 0.29) is 0 Å². The van der Waals surface area contributed by atoms with Gasteiger partial charge in [-0.05, 0) is 152 Å². The van der Waals surface area contributed by atoms with E-state index in [0.29, 0.717) is 0 Å². The van der Waals surface area contributed by atoms with E-state index in [1.54, 1.807) is 0 Å². The van der Waals surface area contributed by atoms with E-state index in [1.807, 2.05) is 62.4 Å². The van der Waals surface area contributed by atoms with Crippen LogP contribution in [-0.4, -0.2) is 4.57 Å². The van der Waals surface area contributed by atoms with Crippen LogP contribution in [0.25, 0.3) is 72.2 Å². The highest BCUT2D eigenvalue weighted by Crippen LogP contribution is 2.43. The van der Waals surface area contributed by atoms with Gasteiger partial charge in [0.15, 0.2) is 0 Å². The van der Waals surface area contributed by atoms with Gasteiger partial charge in [0, 0.05) is 27.2 Å². The fourth-order valence-electron chi connectivity index (χ4n) is 8.97. The molecule has 9 aromatic rings. The molecule has 0 fully saturated rings. The Bertz CT molecular complexity index is 3320. The molecule has 314 valence electrons. The Balaban J connectivity index is 0.00000125. The van der Waals surface area contributed by atoms with Crippen LogP contribution in [0.3, 0.4) is 0 Å². The Hall–Kier alpha value is -7.62. The SMILES string of the molecule is C/C=C\C.C=C/C=C/c1ccc(-n2c3ccccc3c3c(-c4ccc(C5=CC(Oc6ccccc6C)=CC=CC5)cc4CCc4cccc5oc6ccccc6c45)c(C)ccc32)cc1. The molecule has 64 heavy (non-hydrogen) atoms. The molecule has 0 bridgehead atoms. The summed E-state index contributed by atoms with van der Waals surface area (Å²) in [4.78, 5) is 0. The lowest BCUT2D eigenvalue weighted by Crippen LogP contribution is -2.00. The van der Waals surface area contributed by atoms with Gasteiger partial charge >= 0.3 is 0 Å². The first-order valence-corrected chi connectivity index (χ1v) is 22.3. The minimum absolute atomic E-state index is 0.806. The smallest absolute Gasteiger partial charge is 0.135 e. The third-order valence-electron chi connectivity index (χ3n) is 12.2. The van der Waals surface area contributed by atoms with Crippen molar-refractivity contribution in [2.24, 2.45) is 0 Å². The van der Waals surface area contributed by atoms with Crippen LogP contribution in [0.1, 0.15) is 53.6 Å². The van der Waals surface area contributed by atoms with Gasteiger partial charge in [0.1, 0.15) is 22.7 Å². The molecule has 3 heteroatoms. The third kappa shape index (κ3) is 8.33. The number of aromatic nitrogens is 1. The first-order chi connectivity index (χ1) is 31.4. The van der Waals surface area contributed by atoms with E-state index in [9.17, 15) is 0 Å². The Morgan fingerprint density at radius 3 is 2.23 bits per heavy atom. The van der Waals surface area contributed by atoms with Gasteiger partial charge in [-0.25, -0.2) is 0 Å². The quantitative estimate of drug-likeness (QED) is 0.101. The lowest BCUT2D eigenvalue weighted by molar-refractivity contribution is 0.441. The Kier molecular flexibility index (Phi) is 12.2. The molecule has 0 amide bonds. The highest BCUT2D eigenvalue weighted by molar-refractivity contribution is 6.16. The zero-order valence-electron chi connectivity index (χ0n) is 37.1. The molecule has 0 unspecified atom stereocenters. The molecule has 7 aromatic carbocycles. The predicted molar refractivity (Wildman–Crippen MR) is 273 cm³/mol. The monoisotopic (exact) mass is 831 g/mol. The first kappa shape index (κ1) is 41.7. The second kappa shape index (κ2) is 18.8. The van der Waals surface area contributed by atoms with Crippen LogP contribution < -0.4 is 4.74 Å². The van der Waals surface area contributed by atoms with Crippen LogP contribution in [0.2, 0.25) is 0 Å². The maximum atomic E-state index is 6.50. The first-order valence-electron chi connectivity index (χ1n) is 22.3. The molecule has 0 saturated heterocycles. The summed E-state index contributed by atoms with van der Waals surface area (Å²) < 4.78 is 15.2. The van der Waals surface area contributed by atoms with E-state index in [1.165, 1.54) is 71.5 Å². The van der Waals surface area contributed by atoms with Crippen molar-refractivity contribution in [2.45, 2.75) is 47.0 Å². The summed E-state index contributed by atoms with van der Waals surface area (Å²) in [6.07, 6.45) is 21.0. The number of rotatable bonds is 10. The summed E-state index contributed by atoms with van der Waals surface area (Å²) in [5.74, 6) is 1.70. The highest BCUT2D eigenvalue weighted by atomic mass is 16.5. The van der Waals surface area contributed by atoms with Gasteiger partial charge in [0.2, 0.25) is 0 Å². The van der Waals surface area contributed by atoms with Gasteiger partial charge in [-0.3, -0.25) is 0 Å². The van der Waals surface area contributed by atoms with Crippen molar-refractivity contribution in [1.82, 2.24) is 4.57 Å². The number of ether oxygens (including phenoxy) is 1. The molecule has 1 aliphatic rings. The van der Waals surface area contributed by atoms with Gasteiger partial charge in [-0.2, -0.15) is 0 Å². The molecule has 1 aliphatic carbocycles. The third-order valence-corrected chi connectivity index (χ3v) is 12.2. The average Bonchev–Trinajstić information content (AvgIpc) is 3.78. The highest BCUT2D eigenvalue weighted by Gasteiger charge is 2.21. The standard InChI is InChI=1S/C57H45NO2.C4H8/c1-4-5-16-40-27-32-45(33-28-40)58-50-22-11-9-20-48(50)57-51(58)35-26-39(3)55(57)47-34-31-43(42-17-7-8-19-46(37-42)59-52-23-12-6-15-38(52)2)36-44(47)30-29-41-18-14-25-54-56(41)49-21-10-13-24-53(49)60-54;1-3-4-2/h4-16,18-28,31-37H,1,17,29-30H2,2-3H3;3-4H,1-2H3/b16-5+;4-3-. The van der Waals surface area contributed by atoms with E-state index < -0.39 is 0 Å². The Morgan fingerprint density at radius 1 is 0.672 bits per heavy atom. The Morgan fingerprint density at radius 2 is 1.42 bits per heavy atom. The van der Waals surface area contributed by atoms with Gasteiger partial charge in [0.05, 0.1) is 11.0 Å². The van der Waals surface area contributed by atoms with E-state index >= 15 is 0 Å². The minimum Gasteiger partial charge on any atom is -0.457 e. The van der Waals surface area contributed by atoms with Crippen LogP contribution in [0.15, 0.2) is 211 Å². The molecule has 10 rings (SSSR count). The summed E-state index contributed by atoms with van der Waals surface area (Å²) >= 11 is 0. The molecule has 0 N–H and O–H groups in total. The molecule has 3 nitrogen and oxygen atoms in total. The van der Waals surface area contributed by atoms with Crippen molar-refractivity contribution >= 4 is 55.4 Å². The van der Waals surface area contributed by atoms with Crippen molar-refractivity contribution in [2.75, 3.05) is 0 Å². The van der Waals surface area contributed by atoms with Gasteiger partial charge < -0.3 is 13.7 Å². The fraction of sp³-hybridized carbons (Fsp3) is 0.115. The number of para-hydroxylation sites is 3. The van der Waals surface area contributed by atoms with Crippen molar-refractivity contribution in [3.8, 4) is 22.6 Å². The molecule has 0 atom stereocenters. The predicted octanol–water partition coefficient (Wildman–Crippen LogP) is 16.8. The second-order valence-corrected chi connectivity index (χ2v) is 16.4. The summed E-state index contributed by atoms with van der Waals surface area (Å²) in [6.45, 7) is 12.2. The second-order valence-electron chi connectivity index (χ2n) is 16.4. The number of nitrogens with zero attached hydrogens (tertiary/aromatic N) is 1. The lowest BCUT2D eigenvalue weighted by atomic mass is 9.87. The van der Waals surface area contributed by atoms with Crippen LogP contribution in [0.5, 0.6) is 5.75 Å². The molecule has 0 aliphatic heterocycles. The molecule has 0 spiro atoms. The zero-order chi connectivity index (χ0) is 44.0. The summed E-state index contributed by atoms with van der Waals surface area (Å²) in [5.41, 5.74) is 16.4. The van der Waals surface area contributed by atoms with E-state index in [2.05, 4.69) is 177 Å². The summed E-state index contributed by atoms with van der Waals surface area (Å²) in [5, 5.41) is 4.88. The van der Waals surface area contributed by atoms with Crippen molar-refractivity contribution < 1.29 is 9.15 Å². The minimum atomic E-state index is 0.806. The number of furan rings is 1. The maximum absolute atomic E-state index is 6.50. The molecule has 2 heterocycles. The van der Waals surface area contributed by atoms with Crippen molar-refractivity contribution in [3.05, 3.63) is 240 Å². The number of hydrogen-bond acceptors (Lipinski definition) is 2. The van der Waals surface area contributed by atoms with Crippen molar-refractivity contribution in [3.63, 3.8) is 0 Å². The van der Waals surface area contributed by atoms with Gasteiger partial charge in [-0.1, -0.05) is 152 Å². The number of allylic oxidation sites excluding steroid dienone is 9. The molecule has 0 saturated carbocycles. The summed E-state index contributed by atoms with van der Waals surface area (Å²) in [6, 6.07) is 52.4. The van der Waals surface area contributed by atoms with Gasteiger partial charge in [0.25, 0.3) is 0 Å². The maximum Gasteiger partial charge on any atom is 0.135 e. The number of fused-ring (bicyclic) bond motifs is 6. The van der Waals surface area contributed by atoms with Crippen LogP contribution in [0, 0.1) is 13.8 Å². The Labute approximate surface area is 377 Å². The topological polar surface area (TPSA) is 27.3 Å². The number of aryl methyl sites for hydroxylation is 4. The molecular formula is C61H53NO2. The zero-order valence-corrected chi connectivity index (χ0v) is 37.1. The van der Waals surface area contributed by atoms with E-state index in [4.69, 9.17) is 9.15 Å². The van der Waals surface area contributed by atoms with Crippen LogP contribution >= 0.6 is 0 Å². The fourth-order valence-corrected chi connectivity index (χ4v) is 8.97. The normalized spacial score (nSPS) is 12.8. The van der Waals surface area contributed by atoms with Gasteiger partial charge in [-0.15, -0.1) is 0 Å². The molecule has 0 radical (unpaired) electrons. The van der Waals surface area contributed by atoms with Crippen molar-refractivity contribution in [1.29, 1.82) is 0 Å². The number of hydrogen-bond donors (Lipinski definition) is 0.